The van der Waals surface area contributed by atoms with E-state index in [-0.39, 0.29) is 5.56 Å². The van der Waals surface area contributed by atoms with E-state index in [1.54, 1.807) is 0 Å². The lowest BCUT2D eigenvalue weighted by molar-refractivity contribution is 0.613. The first-order valence-electron chi connectivity index (χ1n) is 5.80. The molecule has 0 radical (unpaired) electrons. The molecule has 0 saturated heterocycles. The fraction of sp³-hybridized carbons (Fsp3) is 0.636. The zero-order valence-corrected chi connectivity index (χ0v) is 12.6. The van der Waals surface area contributed by atoms with Gasteiger partial charge in [-0.3, -0.25) is 4.79 Å². The van der Waals surface area contributed by atoms with Crippen molar-refractivity contribution in [2.24, 2.45) is 0 Å². The van der Waals surface area contributed by atoms with E-state index in [0.717, 1.165) is 17.7 Å². The Kier molecular flexibility index (Phi) is 4.62. The average Bonchev–Trinajstić information content (AvgIpc) is 2.84. The highest BCUT2D eigenvalue weighted by Crippen LogP contribution is 2.29. The lowest BCUT2D eigenvalue weighted by Gasteiger charge is -2.29. The van der Waals surface area contributed by atoms with Gasteiger partial charge in [0.2, 0.25) is 0 Å². The summed E-state index contributed by atoms with van der Waals surface area (Å²) >= 11 is 6.80. The van der Waals surface area contributed by atoms with E-state index in [9.17, 15) is 4.79 Å². The Labute approximate surface area is 117 Å². The molecule has 4 nitrogen and oxygen atoms in total. The molecule has 1 aromatic rings. The van der Waals surface area contributed by atoms with Gasteiger partial charge in [-0.25, -0.2) is 4.98 Å². The second-order valence-electron chi connectivity index (χ2n) is 4.19. The Bertz CT molecular complexity index is 429. The van der Waals surface area contributed by atoms with Crippen LogP contribution in [0.15, 0.2) is 15.6 Å². The lowest BCUT2D eigenvalue weighted by atomic mass is 10.2. The maximum Gasteiger partial charge on any atom is 0.267 e. The molecular weight excluding hydrogens is 350 g/mol. The highest BCUT2D eigenvalue weighted by molar-refractivity contribution is 9.10. The summed E-state index contributed by atoms with van der Waals surface area (Å²) in [6.45, 7) is 0.875. The van der Waals surface area contributed by atoms with Crippen molar-refractivity contribution in [3.63, 3.8) is 0 Å². The molecule has 2 rings (SSSR count). The van der Waals surface area contributed by atoms with Crippen molar-refractivity contribution in [2.45, 2.75) is 31.7 Å². The molecule has 0 amide bonds. The first-order valence-corrected chi connectivity index (χ1v) is 7.71. The second-order valence-corrected chi connectivity index (χ2v) is 5.78. The normalized spacial score (nSPS) is 16.4. The molecule has 1 heterocycles. The summed E-state index contributed by atoms with van der Waals surface area (Å²) in [7, 11) is 0. The number of H-pyrrole nitrogens is 1. The van der Waals surface area contributed by atoms with Gasteiger partial charge in [0.25, 0.3) is 5.56 Å². The third kappa shape index (κ3) is 2.91. The van der Waals surface area contributed by atoms with Gasteiger partial charge in [0.1, 0.15) is 4.47 Å². The van der Waals surface area contributed by atoms with E-state index < -0.39 is 0 Å². The van der Waals surface area contributed by atoms with Crippen molar-refractivity contribution in [1.29, 1.82) is 0 Å². The molecule has 94 valence electrons. The summed E-state index contributed by atoms with van der Waals surface area (Å²) in [5, 5.41) is 0.879. The number of aromatic nitrogens is 2. The SMILES string of the molecule is O=c1[nH]cnc(N(CCBr)C2CCCC2)c1Br. The summed E-state index contributed by atoms with van der Waals surface area (Å²) in [6.07, 6.45) is 6.38. The van der Waals surface area contributed by atoms with Crippen molar-refractivity contribution < 1.29 is 0 Å². The number of rotatable bonds is 4. The van der Waals surface area contributed by atoms with Crippen LogP contribution in [0.2, 0.25) is 0 Å². The monoisotopic (exact) mass is 363 g/mol. The third-order valence-corrected chi connectivity index (χ3v) is 4.21. The lowest BCUT2D eigenvalue weighted by Crippen LogP contribution is -2.36. The van der Waals surface area contributed by atoms with Gasteiger partial charge in [0, 0.05) is 17.9 Å². The van der Waals surface area contributed by atoms with Gasteiger partial charge in [-0.15, -0.1) is 0 Å². The van der Waals surface area contributed by atoms with Crippen molar-refractivity contribution >= 4 is 37.7 Å². The predicted molar refractivity (Wildman–Crippen MR) is 76.0 cm³/mol. The van der Waals surface area contributed by atoms with Gasteiger partial charge in [-0.2, -0.15) is 0 Å². The Balaban J connectivity index is 2.31. The molecule has 0 aromatic carbocycles. The maximum absolute atomic E-state index is 11.6. The highest BCUT2D eigenvalue weighted by Gasteiger charge is 2.25. The summed E-state index contributed by atoms with van der Waals surface area (Å²) in [5.41, 5.74) is -0.118. The average molecular weight is 365 g/mol. The largest absolute Gasteiger partial charge is 0.352 e. The first-order chi connectivity index (χ1) is 8.24. The van der Waals surface area contributed by atoms with E-state index in [1.807, 2.05) is 0 Å². The maximum atomic E-state index is 11.6. The molecule has 6 heteroatoms. The molecular formula is C11H15Br2N3O. The molecule has 17 heavy (non-hydrogen) atoms. The smallest absolute Gasteiger partial charge is 0.267 e. The molecule has 1 N–H and O–H groups in total. The molecule has 1 saturated carbocycles. The third-order valence-electron chi connectivity index (χ3n) is 3.14. The van der Waals surface area contributed by atoms with Crippen LogP contribution in [-0.4, -0.2) is 27.9 Å². The van der Waals surface area contributed by atoms with Crippen LogP contribution in [0.1, 0.15) is 25.7 Å². The molecule has 0 spiro atoms. The molecule has 0 unspecified atom stereocenters. The van der Waals surface area contributed by atoms with E-state index in [0.29, 0.717) is 10.5 Å². The quantitative estimate of drug-likeness (QED) is 0.835. The fourth-order valence-electron chi connectivity index (χ4n) is 2.34. The van der Waals surface area contributed by atoms with Crippen LogP contribution in [0, 0.1) is 0 Å². The molecule has 1 fully saturated rings. The van der Waals surface area contributed by atoms with E-state index in [1.165, 1.54) is 32.0 Å². The Morgan fingerprint density at radius 3 is 2.82 bits per heavy atom. The van der Waals surface area contributed by atoms with Crippen molar-refractivity contribution in [2.75, 3.05) is 16.8 Å². The number of anilines is 1. The van der Waals surface area contributed by atoms with Gasteiger partial charge in [0.05, 0.1) is 6.33 Å². The van der Waals surface area contributed by atoms with Crippen LogP contribution in [0.5, 0.6) is 0 Å². The number of hydrogen-bond donors (Lipinski definition) is 1. The molecule has 1 aliphatic rings. The molecule has 0 atom stereocenters. The summed E-state index contributed by atoms with van der Waals surface area (Å²) in [5.74, 6) is 0.764. The minimum absolute atomic E-state index is 0.118. The van der Waals surface area contributed by atoms with E-state index >= 15 is 0 Å². The van der Waals surface area contributed by atoms with Crippen LogP contribution in [0.25, 0.3) is 0 Å². The van der Waals surface area contributed by atoms with Gasteiger partial charge in [-0.1, -0.05) is 28.8 Å². The van der Waals surface area contributed by atoms with Gasteiger partial charge >= 0.3 is 0 Å². The van der Waals surface area contributed by atoms with Gasteiger partial charge in [0.15, 0.2) is 5.82 Å². The van der Waals surface area contributed by atoms with Crippen molar-refractivity contribution in [3.8, 4) is 0 Å². The summed E-state index contributed by atoms with van der Waals surface area (Å²) in [6, 6.07) is 0.512. The standard InChI is InChI=1S/C11H15Br2N3O/c12-5-6-16(8-3-1-2-4-8)10-9(13)11(17)15-7-14-10/h7-8H,1-6H2,(H,14,15,17). The van der Waals surface area contributed by atoms with Crippen LogP contribution >= 0.6 is 31.9 Å². The van der Waals surface area contributed by atoms with Crippen LogP contribution in [0.4, 0.5) is 5.82 Å². The molecule has 1 aliphatic carbocycles. The minimum Gasteiger partial charge on any atom is -0.352 e. The number of nitrogens with one attached hydrogen (secondary N) is 1. The van der Waals surface area contributed by atoms with Crippen LogP contribution in [-0.2, 0) is 0 Å². The Hall–Kier alpha value is -0.360. The van der Waals surface area contributed by atoms with Crippen molar-refractivity contribution in [1.82, 2.24) is 9.97 Å². The molecule has 0 aliphatic heterocycles. The minimum atomic E-state index is -0.118. The molecule has 1 aromatic heterocycles. The Morgan fingerprint density at radius 2 is 2.18 bits per heavy atom. The van der Waals surface area contributed by atoms with E-state index in [4.69, 9.17) is 0 Å². The zero-order chi connectivity index (χ0) is 12.3. The highest BCUT2D eigenvalue weighted by atomic mass is 79.9. The second kappa shape index (κ2) is 6.00. The molecule has 0 bridgehead atoms. The number of alkyl halides is 1. The first kappa shape index (κ1) is 13.1. The van der Waals surface area contributed by atoms with Gasteiger partial charge < -0.3 is 9.88 Å². The zero-order valence-electron chi connectivity index (χ0n) is 9.46. The number of hydrogen-bond acceptors (Lipinski definition) is 3. The van der Waals surface area contributed by atoms with Gasteiger partial charge in [-0.05, 0) is 28.8 Å². The van der Waals surface area contributed by atoms with E-state index in [2.05, 4.69) is 46.7 Å². The summed E-state index contributed by atoms with van der Waals surface area (Å²) < 4.78 is 0.535. The Morgan fingerprint density at radius 1 is 1.47 bits per heavy atom. The summed E-state index contributed by atoms with van der Waals surface area (Å²) in [4.78, 5) is 20.7. The number of nitrogens with zero attached hydrogens (tertiary/aromatic N) is 2. The van der Waals surface area contributed by atoms with Crippen LogP contribution < -0.4 is 10.5 Å². The van der Waals surface area contributed by atoms with Crippen LogP contribution in [0.3, 0.4) is 0 Å². The van der Waals surface area contributed by atoms with Crippen molar-refractivity contribution in [3.05, 3.63) is 21.2 Å². The fourth-order valence-corrected chi connectivity index (χ4v) is 3.17. The predicted octanol–water partition coefficient (Wildman–Crippen LogP) is 2.68. The topological polar surface area (TPSA) is 49.0 Å². The number of halogens is 2. The number of aromatic amines is 1.